The molecule has 0 heterocycles. The summed E-state index contributed by atoms with van der Waals surface area (Å²) in [5.74, 6) is 0.152. The van der Waals surface area contributed by atoms with Crippen LogP contribution in [0.2, 0.25) is 0 Å². The highest BCUT2D eigenvalue weighted by molar-refractivity contribution is 6.04. The van der Waals surface area contributed by atoms with E-state index in [1.807, 2.05) is 51.1 Å². The number of ether oxygens (including phenoxy) is 1. The third kappa shape index (κ3) is 5.45. The van der Waals surface area contributed by atoms with Crippen molar-refractivity contribution in [1.82, 2.24) is 0 Å². The van der Waals surface area contributed by atoms with E-state index in [1.165, 1.54) is 0 Å². The lowest BCUT2D eigenvalue weighted by atomic mass is 10.1. The lowest BCUT2D eigenvalue weighted by Gasteiger charge is -2.13. The van der Waals surface area contributed by atoms with Gasteiger partial charge < -0.3 is 15.4 Å². The molecule has 5 heteroatoms. The Morgan fingerprint density at radius 1 is 0.828 bits per heavy atom. The van der Waals surface area contributed by atoms with Crippen molar-refractivity contribution < 1.29 is 14.3 Å². The lowest BCUT2D eigenvalue weighted by molar-refractivity contribution is -0.118. The van der Waals surface area contributed by atoms with E-state index >= 15 is 0 Å². The summed E-state index contributed by atoms with van der Waals surface area (Å²) in [5.41, 5.74) is 5.27. The Labute approximate surface area is 170 Å². The Bertz CT molecular complexity index is 989. The van der Waals surface area contributed by atoms with Gasteiger partial charge in [-0.25, -0.2) is 0 Å². The molecular weight excluding hydrogens is 364 g/mol. The highest BCUT2D eigenvalue weighted by Crippen LogP contribution is 2.22. The summed E-state index contributed by atoms with van der Waals surface area (Å²) in [5, 5.41) is 5.74. The van der Waals surface area contributed by atoms with Crippen LogP contribution in [0.25, 0.3) is 0 Å². The van der Waals surface area contributed by atoms with Gasteiger partial charge in [0.15, 0.2) is 6.61 Å². The molecule has 0 spiro atoms. The second-order valence-corrected chi connectivity index (χ2v) is 6.96. The first-order chi connectivity index (χ1) is 13.9. The largest absolute Gasteiger partial charge is 0.484 e. The van der Waals surface area contributed by atoms with Gasteiger partial charge in [-0.3, -0.25) is 9.59 Å². The van der Waals surface area contributed by atoms with Gasteiger partial charge in [-0.1, -0.05) is 35.9 Å². The van der Waals surface area contributed by atoms with Crippen molar-refractivity contribution in [1.29, 1.82) is 0 Å². The van der Waals surface area contributed by atoms with Gasteiger partial charge >= 0.3 is 0 Å². The number of carbonyl (C=O) groups is 2. The first-order valence-corrected chi connectivity index (χ1v) is 9.39. The van der Waals surface area contributed by atoms with Gasteiger partial charge in [-0.2, -0.15) is 0 Å². The zero-order chi connectivity index (χ0) is 20.8. The van der Waals surface area contributed by atoms with Crippen molar-refractivity contribution in [3.8, 4) is 5.75 Å². The van der Waals surface area contributed by atoms with E-state index in [1.54, 1.807) is 36.4 Å². The summed E-state index contributed by atoms with van der Waals surface area (Å²) in [7, 11) is 0. The van der Waals surface area contributed by atoms with E-state index < -0.39 is 0 Å². The molecule has 148 valence electrons. The fraction of sp³-hybridized carbons (Fsp3) is 0.167. The number of benzene rings is 3. The Morgan fingerprint density at radius 3 is 2.07 bits per heavy atom. The number of anilines is 2. The van der Waals surface area contributed by atoms with E-state index in [2.05, 4.69) is 10.6 Å². The molecule has 0 aliphatic rings. The van der Waals surface area contributed by atoms with Crippen LogP contribution in [-0.2, 0) is 4.79 Å². The van der Waals surface area contributed by atoms with Gasteiger partial charge in [0, 0.05) is 16.9 Å². The first kappa shape index (κ1) is 20.1. The highest BCUT2D eigenvalue weighted by Gasteiger charge is 2.10. The van der Waals surface area contributed by atoms with Crippen LogP contribution in [0.5, 0.6) is 5.75 Å². The summed E-state index contributed by atoms with van der Waals surface area (Å²) in [6, 6.07) is 20.0. The first-order valence-electron chi connectivity index (χ1n) is 9.39. The Hall–Kier alpha value is -3.60. The van der Waals surface area contributed by atoms with Crippen molar-refractivity contribution >= 4 is 23.2 Å². The molecule has 0 bridgehead atoms. The van der Waals surface area contributed by atoms with Crippen molar-refractivity contribution in [2.24, 2.45) is 0 Å². The number of hydrogen-bond acceptors (Lipinski definition) is 3. The molecule has 0 aliphatic carbocycles. The monoisotopic (exact) mass is 388 g/mol. The fourth-order valence-corrected chi connectivity index (χ4v) is 3.13. The molecule has 5 nitrogen and oxygen atoms in total. The number of hydrogen-bond donors (Lipinski definition) is 2. The molecular formula is C24H24N2O3. The zero-order valence-corrected chi connectivity index (χ0v) is 16.8. The number of nitrogens with one attached hydrogen (secondary N) is 2. The maximum absolute atomic E-state index is 12.3. The summed E-state index contributed by atoms with van der Waals surface area (Å²) < 4.78 is 5.56. The van der Waals surface area contributed by atoms with Crippen molar-refractivity contribution in [2.45, 2.75) is 20.8 Å². The summed E-state index contributed by atoms with van der Waals surface area (Å²) in [4.78, 5) is 24.4. The lowest BCUT2D eigenvalue weighted by Crippen LogP contribution is -2.21. The average Bonchev–Trinajstić information content (AvgIpc) is 2.71. The summed E-state index contributed by atoms with van der Waals surface area (Å²) in [6.45, 7) is 5.88. The molecule has 0 aromatic heterocycles. The SMILES string of the molecule is Cc1cc(C)c(NC(=O)COc2ccc(NC(=O)c3ccccc3)cc2)c(C)c1. The van der Waals surface area contributed by atoms with E-state index in [-0.39, 0.29) is 18.4 Å². The molecule has 0 saturated carbocycles. The molecule has 29 heavy (non-hydrogen) atoms. The minimum Gasteiger partial charge on any atom is -0.484 e. The van der Waals surface area contributed by atoms with Crippen molar-refractivity contribution in [2.75, 3.05) is 17.2 Å². The van der Waals surface area contributed by atoms with E-state index in [0.29, 0.717) is 17.0 Å². The smallest absolute Gasteiger partial charge is 0.262 e. The van der Waals surface area contributed by atoms with E-state index in [0.717, 1.165) is 22.4 Å². The van der Waals surface area contributed by atoms with Gasteiger partial charge in [0.05, 0.1) is 0 Å². The Balaban J connectivity index is 1.54. The minimum atomic E-state index is -0.221. The van der Waals surface area contributed by atoms with Crippen LogP contribution in [0.4, 0.5) is 11.4 Å². The van der Waals surface area contributed by atoms with Gasteiger partial charge in [0.2, 0.25) is 0 Å². The van der Waals surface area contributed by atoms with Crippen LogP contribution >= 0.6 is 0 Å². The van der Waals surface area contributed by atoms with Crippen molar-refractivity contribution in [3.05, 3.63) is 89.0 Å². The predicted octanol–water partition coefficient (Wildman–Crippen LogP) is 4.88. The van der Waals surface area contributed by atoms with Crippen LogP contribution in [0, 0.1) is 20.8 Å². The van der Waals surface area contributed by atoms with Crippen LogP contribution in [0.3, 0.4) is 0 Å². The standard InChI is InChI=1S/C24H24N2O3/c1-16-13-17(2)23(18(3)14-16)26-22(27)15-29-21-11-9-20(10-12-21)25-24(28)19-7-5-4-6-8-19/h4-14H,15H2,1-3H3,(H,25,28)(H,26,27). The number of aryl methyl sites for hydroxylation is 3. The maximum Gasteiger partial charge on any atom is 0.262 e. The molecule has 0 aliphatic heterocycles. The van der Waals surface area contributed by atoms with E-state index in [4.69, 9.17) is 4.74 Å². The highest BCUT2D eigenvalue weighted by atomic mass is 16.5. The fourth-order valence-electron chi connectivity index (χ4n) is 3.13. The zero-order valence-electron chi connectivity index (χ0n) is 16.8. The van der Waals surface area contributed by atoms with Gasteiger partial charge in [-0.05, 0) is 68.3 Å². The molecule has 0 atom stereocenters. The molecule has 0 radical (unpaired) electrons. The normalized spacial score (nSPS) is 10.3. The van der Waals surface area contributed by atoms with E-state index in [9.17, 15) is 9.59 Å². The topological polar surface area (TPSA) is 67.4 Å². The number of amides is 2. The third-order valence-corrected chi connectivity index (χ3v) is 4.46. The Morgan fingerprint density at radius 2 is 1.45 bits per heavy atom. The summed E-state index contributed by atoms with van der Waals surface area (Å²) in [6.07, 6.45) is 0. The van der Waals surface area contributed by atoms with Gasteiger partial charge in [0.25, 0.3) is 11.8 Å². The third-order valence-electron chi connectivity index (χ3n) is 4.46. The molecule has 3 aromatic rings. The number of carbonyl (C=O) groups excluding carboxylic acids is 2. The molecule has 2 N–H and O–H groups in total. The second-order valence-electron chi connectivity index (χ2n) is 6.96. The Kier molecular flexibility index (Phi) is 6.29. The summed E-state index contributed by atoms with van der Waals surface area (Å²) >= 11 is 0. The quantitative estimate of drug-likeness (QED) is 0.632. The maximum atomic E-state index is 12.3. The van der Waals surface area contributed by atoms with Crippen molar-refractivity contribution in [3.63, 3.8) is 0 Å². The molecule has 0 saturated heterocycles. The average molecular weight is 388 g/mol. The molecule has 3 rings (SSSR count). The van der Waals surface area contributed by atoms with Gasteiger partial charge in [-0.15, -0.1) is 0 Å². The molecule has 2 amide bonds. The van der Waals surface area contributed by atoms with Gasteiger partial charge in [0.1, 0.15) is 5.75 Å². The van der Waals surface area contributed by atoms with Crippen LogP contribution in [0.1, 0.15) is 27.0 Å². The second kappa shape index (κ2) is 9.06. The molecule has 3 aromatic carbocycles. The van der Waals surface area contributed by atoms with Crippen LogP contribution in [-0.4, -0.2) is 18.4 Å². The molecule has 0 fully saturated rings. The predicted molar refractivity (Wildman–Crippen MR) is 116 cm³/mol. The van der Waals surface area contributed by atoms with Crippen LogP contribution in [0.15, 0.2) is 66.7 Å². The van der Waals surface area contributed by atoms with Crippen LogP contribution < -0.4 is 15.4 Å². The molecule has 0 unspecified atom stereocenters. The minimum absolute atomic E-state index is 0.0948. The number of rotatable bonds is 6.